The van der Waals surface area contributed by atoms with Gasteiger partial charge in [0.1, 0.15) is 6.33 Å². The lowest BCUT2D eigenvalue weighted by Crippen LogP contribution is -2.50. The van der Waals surface area contributed by atoms with E-state index in [-0.39, 0.29) is 4.57 Å². The first kappa shape index (κ1) is 22.8. The normalized spacial score (nSPS) is 13.1. The third-order valence-corrected chi connectivity index (χ3v) is 4.17. The Morgan fingerprint density at radius 3 is 2.00 bits per heavy atom. The summed E-state index contributed by atoms with van der Waals surface area (Å²) in [5, 5.41) is 0. The molecular weight excluding hydrogens is 400 g/mol. The molecule has 0 aliphatic carbocycles. The molecule has 1 aromatic carbocycles. The zero-order valence-electron chi connectivity index (χ0n) is 16.5. The Bertz CT molecular complexity index is 891. The van der Waals surface area contributed by atoms with E-state index in [1.807, 2.05) is 0 Å². The summed E-state index contributed by atoms with van der Waals surface area (Å²) < 4.78 is 81.9. The van der Waals surface area contributed by atoms with E-state index in [1.54, 1.807) is 34.6 Å². The van der Waals surface area contributed by atoms with Gasteiger partial charge in [0.2, 0.25) is 0 Å². The highest BCUT2D eigenvalue weighted by Gasteiger charge is 2.44. The number of hydrogen-bond acceptors (Lipinski definition) is 2. The van der Waals surface area contributed by atoms with E-state index < -0.39 is 52.5 Å². The molecule has 1 heterocycles. The van der Waals surface area contributed by atoms with Crippen LogP contribution in [0, 0.1) is 0 Å². The Labute approximate surface area is 164 Å². The molecule has 10 heteroatoms. The average molecular weight is 421 g/mol. The average Bonchev–Trinajstić information content (AvgIpc) is 2.97. The van der Waals surface area contributed by atoms with Crippen LogP contribution in [-0.2, 0) is 12.4 Å². The predicted molar refractivity (Wildman–Crippen MR) is 94.6 cm³/mol. The first-order valence-corrected chi connectivity index (χ1v) is 8.71. The van der Waals surface area contributed by atoms with E-state index in [2.05, 4.69) is 4.98 Å². The molecule has 0 radical (unpaired) electrons. The van der Waals surface area contributed by atoms with Crippen LogP contribution >= 0.6 is 0 Å². The Balaban J connectivity index is 2.77. The number of rotatable bonds is 3. The summed E-state index contributed by atoms with van der Waals surface area (Å²) in [5.41, 5.74) is -5.35. The van der Waals surface area contributed by atoms with Crippen LogP contribution in [0.25, 0.3) is 5.69 Å². The van der Waals surface area contributed by atoms with Gasteiger partial charge in [-0.2, -0.15) is 26.3 Å². The SMILES string of the molecule is CC(C)N(C(=O)c1ncn(-c2ccccc2C(F)(F)F)c1C(F)(F)F)C(C)(C)C. The first-order chi connectivity index (χ1) is 13.1. The molecule has 0 N–H and O–H groups in total. The summed E-state index contributed by atoms with van der Waals surface area (Å²) in [7, 11) is 0. The topological polar surface area (TPSA) is 38.1 Å². The summed E-state index contributed by atoms with van der Waals surface area (Å²) in [6, 6.07) is 3.37. The van der Waals surface area contributed by atoms with Crippen molar-refractivity contribution in [2.45, 2.75) is 58.6 Å². The third kappa shape index (κ3) is 4.56. The minimum Gasteiger partial charge on any atom is -0.330 e. The molecule has 0 aliphatic rings. The molecule has 2 rings (SSSR count). The quantitative estimate of drug-likeness (QED) is 0.609. The Hall–Kier alpha value is -2.52. The lowest BCUT2D eigenvalue weighted by atomic mass is 10.0. The fraction of sp³-hybridized carbons (Fsp3) is 0.474. The fourth-order valence-corrected chi connectivity index (χ4v) is 3.31. The molecule has 2 aromatic rings. The highest BCUT2D eigenvalue weighted by Crippen LogP contribution is 2.39. The summed E-state index contributed by atoms with van der Waals surface area (Å²) >= 11 is 0. The predicted octanol–water partition coefficient (Wildman–Crippen LogP) is 5.56. The molecule has 0 spiro atoms. The molecule has 4 nitrogen and oxygen atoms in total. The molecule has 160 valence electrons. The highest BCUT2D eigenvalue weighted by molar-refractivity contribution is 5.94. The second kappa shape index (κ2) is 7.38. The largest absolute Gasteiger partial charge is 0.434 e. The second-order valence-electron chi connectivity index (χ2n) is 7.76. The van der Waals surface area contributed by atoms with Gasteiger partial charge in [-0.05, 0) is 46.8 Å². The fourth-order valence-electron chi connectivity index (χ4n) is 3.31. The van der Waals surface area contributed by atoms with Crippen LogP contribution in [-0.4, -0.2) is 31.9 Å². The van der Waals surface area contributed by atoms with Crippen LogP contribution in [0.2, 0.25) is 0 Å². The van der Waals surface area contributed by atoms with Crippen molar-refractivity contribution in [1.82, 2.24) is 14.5 Å². The van der Waals surface area contributed by atoms with E-state index in [0.717, 1.165) is 12.1 Å². The van der Waals surface area contributed by atoms with Gasteiger partial charge in [0.15, 0.2) is 11.4 Å². The Morgan fingerprint density at radius 1 is 1.00 bits per heavy atom. The van der Waals surface area contributed by atoms with E-state index >= 15 is 0 Å². The lowest BCUT2D eigenvalue weighted by molar-refractivity contribution is -0.144. The molecule has 1 aromatic heterocycles. The van der Waals surface area contributed by atoms with Crippen molar-refractivity contribution >= 4 is 5.91 Å². The maximum atomic E-state index is 13.9. The Kier molecular flexibility index (Phi) is 5.80. The van der Waals surface area contributed by atoms with Gasteiger partial charge in [0.05, 0.1) is 11.3 Å². The minimum atomic E-state index is -5.11. The molecule has 0 saturated heterocycles. The van der Waals surface area contributed by atoms with Crippen LogP contribution in [0.1, 0.15) is 56.4 Å². The maximum Gasteiger partial charge on any atom is 0.434 e. The lowest BCUT2D eigenvalue weighted by Gasteiger charge is -2.38. The molecule has 0 saturated carbocycles. The summed E-state index contributed by atoms with van der Waals surface area (Å²) in [6.45, 7) is 8.20. The smallest absolute Gasteiger partial charge is 0.330 e. The Morgan fingerprint density at radius 2 is 1.55 bits per heavy atom. The van der Waals surface area contributed by atoms with Crippen molar-refractivity contribution in [3.05, 3.63) is 47.5 Å². The van der Waals surface area contributed by atoms with E-state index in [4.69, 9.17) is 0 Å². The van der Waals surface area contributed by atoms with Gasteiger partial charge in [-0.1, -0.05) is 12.1 Å². The number of amides is 1. The molecule has 0 bridgehead atoms. The van der Waals surface area contributed by atoms with Gasteiger partial charge in [-0.25, -0.2) is 4.98 Å². The maximum absolute atomic E-state index is 13.9. The zero-order valence-corrected chi connectivity index (χ0v) is 16.5. The number of carbonyl (C=O) groups is 1. The van der Waals surface area contributed by atoms with Gasteiger partial charge in [-0.3, -0.25) is 9.36 Å². The second-order valence-corrected chi connectivity index (χ2v) is 7.76. The summed E-state index contributed by atoms with van der Waals surface area (Å²) in [5.74, 6) is -1.01. The van der Waals surface area contributed by atoms with Gasteiger partial charge < -0.3 is 4.90 Å². The number of nitrogens with zero attached hydrogens (tertiary/aromatic N) is 3. The molecular formula is C19H21F6N3O. The monoisotopic (exact) mass is 421 g/mol. The zero-order chi connectivity index (χ0) is 22.4. The number of imidazole rings is 1. The van der Waals surface area contributed by atoms with Crippen LogP contribution in [0.4, 0.5) is 26.3 Å². The van der Waals surface area contributed by atoms with Crippen molar-refractivity contribution in [3.8, 4) is 5.69 Å². The number of alkyl halides is 6. The van der Waals surface area contributed by atoms with Crippen LogP contribution in [0.15, 0.2) is 30.6 Å². The molecule has 0 unspecified atom stereocenters. The van der Waals surface area contributed by atoms with Crippen molar-refractivity contribution in [3.63, 3.8) is 0 Å². The van der Waals surface area contributed by atoms with Crippen molar-refractivity contribution < 1.29 is 31.1 Å². The van der Waals surface area contributed by atoms with Crippen molar-refractivity contribution in [2.75, 3.05) is 0 Å². The van der Waals surface area contributed by atoms with Crippen LogP contribution in [0.3, 0.4) is 0 Å². The van der Waals surface area contributed by atoms with Crippen molar-refractivity contribution in [1.29, 1.82) is 0 Å². The highest BCUT2D eigenvalue weighted by atomic mass is 19.4. The van der Waals surface area contributed by atoms with Crippen molar-refractivity contribution in [2.24, 2.45) is 0 Å². The standard InChI is InChI=1S/C19H21F6N3O/c1-11(2)28(17(3,4)5)16(29)14-15(19(23,24)25)27(10-26-14)13-9-7-6-8-12(13)18(20,21)22/h6-11H,1-5H3. The number of benzene rings is 1. The van der Waals surface area contributed by atoms with Gasteiger partial charge in [0.25, 0.3) is 5.91 Å². The molecule has 0 aliphatic heterocycles. The molecule has 0 atom stereocenters. The van der Waals surface area contributed by atoms with Gasteiger partial charge in [-0.15, -0.1) is 0 Å². The molecule has 29 heavy (non-hydrogen) atoms. The van der Waals surface area contributed by atoms with Gasteiger partial charge in [0, 0.05) is 11.6 Å². The number of hydrogen-bond donors (Lipinski definition) is 0. The third-order valence-electron chi connectivity index (χ3n) is 4.17. The van der Waals surface area contributed by atoms with E-state index in [1.165, 1.54) is 11.0 Å². The van der Waals surface area contributed by atoms with Gasteiger partial charge >= 0.3 is 12.4 Å². The minimum absolute atomic E-state index is 0.275. The summed E-state index contributed by atoms with van der Waals surface area (Å²) in [4.78, 5) is 17.8. The number of para-hydroxylation sites is 1. The number of aromatic nitrogens is 2. The van der Waals surface area contributed by atoms with Crippen LogP contribution < -0.4 is 0 Å². The van der Waals surface area contributed by atoms with E-state index in [9.17, 15) is 31.1 Å². The van der Waals surface area contributed by atoms with E-state index in [0.29, 0.717) is 12.4 Å². The first-order valence-electron chi connectivity index (χ1n) is 8.71. The molecule has 0 fully saturated rings. The summed E-state index contributed by atoms with van der Waals surface area (Å²) in [6.07, 6.45) is -9.40. The number of carbonyl (C=O) groups excluding carboxylic acids is 1. The molecule has 1 amide bonds. The van der Waals surface area contributed by atoms with Crippen LogP contribution in [0.5, 0.6) is 0 Å². The number of halogens is 6.